The third-order valence-electron chi connectivity index (χ3n) is 3.12. The monoisotopic (exact) mass is 301 g/mol. The fourth-order valence-electron chi connectivity index (χ4n) is 2.09. The molecule has 6 heteroatoms. The Balaban J connectivity index is 2.23. The Morgan fingerprint density at radius 3 is 2.00 bits per heavy atom. The average Bonchev–Trinajstić information content (AvgIpc) is 2.55. The molecule has 3 rings (SSSR count). The van der Waals surface area contributed by atoms with Gasteiger partial charge in [-0.15, -0.1) is 0 Å². The maximum Gasteiger partial charge on any atom is 0.417 e. The van der Waals surface area contributed by atoms with E-state index in [9.17, 15) is 13.2 Å². The van der Waals surface area contributed by atoms with Gasteiger partial charge >= 0.3 is 6.18 Å². The molecule has 0 bridgehead atoms. The van der Waals surface area contributed by atoms with Crippen LogP contribution in [0.15, 0.2) is 61.3 Å². The molecule has 0 aliphatic heterocycles. The Morgan fingerprint density at radius 2 is 1.45 bits per heavy atom. The van der Waals surface area contributed by atoms with Gasteiger partial charge in [0, 0.05) is 47.7 Å². The van der Waals surface area contributed by atoms with Gasteiger partial charge in [0.05, 0.1) is 11.3 Å². The quantitative estimate of drug-likeness (QED) is 0.711. The van der Waals surface area contributed by atoms with Gasteiger partial charge in [-0.1, -0.05) is 6.07 Å². The van der Waals surface area contributed by atoms with Crippen LogP contribution < -0.4 is 0 Å². The molecule has 0 aliphatic rings. The first-order chi connectivity index (χ1) is 10.6. The van der Waals surface area contributed by atoms with E-state index in [1.54, 1.807) is 42.9 Å². The van der Waals surface area contributed by atoms with Crippen molar-refractivity contribution in [1.82, 2.24) is 15.0 Å². The highest BCUT2D eigenvalue weighted by Gasteiger charge is 2.32. The van der Waals surface area contributed by atoms with Crippen molar-refractivity contribution in [2.45, 2.75) is 6.18 Å². The Bertz CT molecular complexity index is 772. The Kier molecular flexibility index (Phi) is 3.58. The lowest BCUT2D eigenvalue weighted by Gasteiger charge is -2.12. The molecule has 0 fully saturated rings. The highest BCUT2D eigenvalue weighted by atomic mass is 19.4. The summed E-state index contributed by atoms with van der Waals surface area (Å²) in [6.07, 6.45) is 2.62. The summed E-state index contributed by atoms with van der Waals surface area (Å²) in [5.74, 6) is 0. The number of nitrogens with zero attached hydrogens (tertiary/aromatic N) is 3. The van der Waals surface area contributed by atoms with Crippen LogP contribution >= 0.6 is 0 Å². The molecule has 110 valence electrons. The van der Waals surface area contributed by atoms with Crippen molar-refractivity contribution in [3.63, 3.8) is 0 Å². The zero-order valence-corrected chi connectivity index (χ0v) is 11.2. The molecule has 22 heavy (non-hydrogen) atoms. The van der Waals surface area contributed by atoms with Crippen molar-refractivity contribution in [1.29, 1.82) is 0 Å². The summed E-state index contributed by atoms with van der Waals surface area (Å²) in [6.45, 7) is 0. The molecule has 0 spiro atoms. The minimum atomic E-state index is -4.45. The maximum absolute atomic E-state index is 12.9. The van der Waals surface area contributed by atoms with Gasteiger partial charge in [0.2, 0.25) is 0 Å². The number of halogens is 3. The van der Waals surface area contributed by atoms with Crippen LogP contribution in [-0.4, -0.2) is 15.0 Å². The highest BCUT2D eigenvalue weighted by molar-refractivity contribution is 5.80. The summed E-state index contributed by atoms with van der Waals surface area (Å²) < 4.78 is 38.8. The van der Waals surface area contributed by atoms with E-state index in [1.165, 1.54) is 6.20 Å². The molecule has 0 amide bonds. The third kappa shape index (κ3) is 2.81. The molecule has 0 aromatic carbocycles. The molecular weight excluding hydrogens is 291 g/mol. The second-order valence-corrected chi connectivity index (χ2v) is 4.60. The van der Waals surface area contributed by atoms with Crippen LogP contribution in [0.2, 0.25) is 0 Å². The zero-order valence-electron chi connectivity index (χ0n) is 11.2. The van der Waals surface area contributed by atoms with Crippen molar-refractivity contribution in [2.24, 2.45) is 0 Å². The maximum atomic E-state index is 12.9. The number of hydrogen-bond donors (Lipinski definition) is 0. The standard InChI is InChI=1S/C16H10F3N3/c17-16(18,19)13-7-14(11-3-1-5-20-8-11)15(22-10-13)12-4-2-6-21-9-12/h1-10H. The largest absolute Gasteiger partial charge is 0.417 e. The summed E-state index contributed by atoms with van der Waals surface area (Å²) in [5, 5.41) is 0. The molecule has 3 heterocycles. The third-order valence-corrected chi connectivity index (χ3v) is 3.12. The second kappa shape index (κ2) is 5.55. The number of alkyl halides is 3. The van der Waals surface area contributed by atoms with Gasteiger partial charge in [0.25, 0.3) is 0 Å². The number of rotatable bonds is 2. The van der Waals surface area contributed by atoms with Gasteiger partial charge in [0.1, 0.15) is 0 Å². The fourth-order valence-corrected chi connectivity index (χ4v) is 2.09. The van der Waals surface area contributed by atoms with Gasteiger partial charge in [-0.05, 0) is 24.3 Å². The van der Waals surface area contributed by atoms with Crippen LogP contribution in [0.3, 0.4) is 0 Å². The molecule has 0 atom stereocenters. The summed E-state index contributed by atoms with van der Waals surface area (Å²) >= 11 is 0. The second-order valence-electron chi connectivity index (χ2n) is 4.60. The van der Waals surface area contributed by atoms with Crippen molar-refractivity contribution in [3.8, 4) is 22.4 Å². The van der Waals surface area contributed by atoms with Crippen LogP contribution in [0, 0.1) is 0 Å². The lowest BCUT2D eigenvalue weighted by atomic mass is 10.00. The van der Waals surface area contributed by atoms with E-state index in [2.05, 4.69) is 15.0 Å². The van der Waals surface area contributed by atoms with Crippen molar-refractivity contribution >= 4 is 0 Å². The van der Waals surface area contributed by atoms with Gasteiger partial charge in [-0.25, -0.2) is 0 Å². The van der Waals surface area contributed by atoms with Crippen LogP contribution in [0.1, 0.15) is 5.56 Å². The van der Waals surface area contributed by atoms with Crippen LogP contribution in [0.5, 0.6) is 0 Å². The van der Waals surface area contributed by atoms with Crippen molar-refractivity contribution in [2.75, 3.05) is 0 Å². The number of pyridine rings is 3. The lowest BCUT2D eigenvalue weighted by molar-refractivity contribution is -0.137. The molecule has 3 aromatic heterocycles. The summed E-state index contributed by atoms with van der Waals surface area (Å²) in [7, 11) is 0. The first kappa shape index (κ1) is 14.2. The SMILES string of the molecule is FC(F)(F)c1cnc(-c2cccnc2)c(-c2cccnc2)c1. The van der Waals surface area contributed by atoms with Crippen molar-refractivity contribution < 1.29 is 13.2 Å². The topological polar surface area (TPSA) is 38.7 Å². The van der Waals surface area contributed by atoms with Crippen LogP contribution in [0.4, 0.5) is 13.2 Å². The van der Waals surface area contributed by atoms with E-state index in [4.69, 9.17) is 0 Å². The van der Waals surface area contributed by atoms with E-state index >= 15 is 0 Å². The smallest absolute Gasteiger partial charge is 0.264 e. The molecule has 0 unspecified atom stereocenters. The lowest BCUT2D eigenvalue weighted by Crippen LogP contribution is -2.06. The van der Waals surface area contributed by atoms with Crippen LogP contribution in [-0.2, 0) is 6.18 Å². The molecular formula is C16H10F3N3. The molecule has 0 saturated carbocycles. The van der Waals surface area contributed by atoms with E-state index < -0.39 is 11.7 Å². The predicted molar refractivity (Wildman–Crippen MR) is 75.7 cm³/mol. The van der Waals surface area contributed by atoms with E-state index in [-0.39, 0.29) is 0 Å². The molecule has 0 radical (unpaired) electrons. The van der Waals surface area contributed by atoms with Gasteiger partial charge in [-0.2, -0.15) is 13.2 Å². The summed E-state index contributed by atoms with van der Waals surface area (Å²) in [6, 6.07) is 7.92. The normalized spacial score (nSPS) is 11.4. The van der Waals surface area contributed by atoms with E-state index in [0.717, 1.165) is 12.3 Å². The Labute approximate surface area is 124 Å². The molecule has 0 N–H and O–H groups in total. The minimum Gasteiger partial charge on any atom is -0.264 e. The first-order valence-electron chi connectivity index (χ1n) is 6.44. The number of hydrogen-bond acceptors (Lipinski definition) is 3. The van der Waals surface area contributed by atoms with Gasteiger partial charge in [0.15, 0.2) is 0 Å². The average molecular weight is 301 g/mol. The molecule has 3 aromatic rings. The summed E-state index contributed by atoms with van der Waals surface area (Å²) in [4.78, 5) is 12.0. The van der Waals surface area contributed by atoms with Crippen LogP contribution in [0.25, 0.3) is 22.4 Å². The highest BCUT2D eigenvalue weighted by Crippen LogP contribution is 2.35. The molecule has 0 saturated heterocycles. The van der Waals surface area contributed by atoms with E-state index in [0.29, 0.717) is 22.4 Å². The zero-order chi connectivity index (χ0) is 15.6. The van der Waals surface area contributed by atoms with Crippen molar-refractivity contribution in [3.05, 3.63) is 66.9 Å². The molecule has 3 nitrogen and oxygen atoms in total. The van der Waals surface area contributed by atoms with Gasteiger partial charge < -0.3 is 0 Å². The van der Waals surface area contributed by atoms with E-state index in [1.807, 2.05) is 0 Å². The first-order valence-corrected chi connectivity index (χ1v) is 6.44. The fraction of sp³-hybridized carbons (Fsp3) is 0.0625. The minimum absolute atomic E-state index is 0.371. The predicted octanol–water partition coefficient (Wildman–Crippen LogP) is 4.22. The Morgan fingerprint density at radius 1 is 0.818 bits per heavy atom. The summed E-state index contributed by atoms with van der Waals surface area (Å²) in [5.41, 5.74) is 1.24. The number of aromatic nitrogens is 3. The Hall–Kier alpha value is -2.76. The van der Waals surface area contributed by atoms with Gasteiger partial charge in [-0.3, -0.25) is 15.0 Å². The molecule has 0 aliphatic carbocycles.